The van der Waals surface area contributed by atoms with Gasteiger partial charge in [-0.25, -0.2) is 0 Å². The number of rotatable bonds is 15. The summed E-state index contributed by atoms with van der Waals surface area (Å²) in [5, 5.41) is 0.132. The van der Waals surface area contributed by atoms with Crippen LogP contribution in [0.25, 0.3) is 0 Å². The number of unbranched alkanes of at least 4 members (excludes halogenated alkanes) is 8. The van der Waals surface area contributed by atoms with Crippen LogP contribution in [0.15, 0.2) is 30.3 Å². The lowest BCUT2D eigenvalue weighted by molar-refractivity contribution is -0.136. The molecule has 0 aliphatic carbocycles. The quantitative estimate of drug-likeness (QED) is 0.120. The standard InChI is InChI=1S/C26H46O3Si/c1-7-8-9-10-11-12-13-14-16-21-24(29-30(5,6)26(2,3)4)22-25(27)28-23-19-17-15-18-20-23/h15,17-20,24H,7-14,16,21-22H2,1-6H3/t24-/m1/s1. The Balaban J connectivity index is 2.49. The molecule has 0 bridgehead atoms. The van der Waals surface area contributed by atoms with Crippen LogP contribution in [-0.4, -0.2) is 20.4 Å². The molecule has 3 nitrogen and oxygen atoms in total. The summed E-state index contributed by atoms with van der Waals surface area (Å²) in [7, 11) is -1.93. The van der Waals surface area contributed by atoms with Crippen LogP contribution in [0, 0.1) is 0 Å². The molecule has 0 spiro atoms. The van der Waals surface area contributed by atoms with E-state index >= 15 is 0 Å². The molecule has 0 aromatic heterocycles. The van der Waals surface area contributed by atoms with Crippen molar-refractivity contribution in [2.75, 3.05) is 0 Å². The molecule has 172 valence electrons. The highest BCUT2D eigenvalue weighted by atomic mass is 28.4. The van der Waals surface area contributed by atoms with Gasteiger partial charge < -0.3 is 9.16 Å². The highest BCUT2D eigenvalue weighted by Gasteiger charge is 2.39. The van der Waals surface area contributed by atoms with Crippen molar-refractivity contribution in [3.8, 4) is 5.75 Å². The maximum Gasteiger partial charge on any atom is 0.313 e. The van der Waals surface area contributed by atoms with Gasteiger partial charge in [-0.2, -0.15) is 0 Å². The zero-order valence-corrected chi connectivity index (χ0v) is 21.5. The number of carbonyl (C=O) groups excluding carboxylic acids is 1. The van der Waals surface area contributed by atoms with E-state index in [1.165, 1.54) is 51.4 Å². The maximum absolute atomic E-state index is 12.5. The average Bonchev–Trinajstić information content (AvgIpc) is 2.66. The molecule has 4 heteroatoms. The van der Waals surface area contributed by atoms with Gasteiger partial charge in [0.15, 0.2) is 8.32 Å². The van der Waals surface area contributed by atoms with Crippen molar-refractivity contribution in [2.24, 2.45) is 0 Å². The summed E-state index contributed by atoms with van der Waals surface area (Å²) in [5.41, 5.74) is 0. The van der Waals surface area contributed by atoms with Crippen LogP contribution in [0.5, 0.6) is 5.75 Å². The minimum atomic E-state index is -1.93. The van der Waals surface area contributed by atoms with E-state index in [1.807, 2.05) is 30.3 Å². The fourth-order valence-electron chi connectivity index (χ4n) is 3.33. The molecule has 1 rings (SSSR count). The van der Waals surface area contributed by atoms with Gasteiger partial charge in [-0.15, -0.1) is 0 Å². The van der Waals surface area contributed by atoms with Crippen LogP contribution in [0.4, 0.5) is 0 Å². The number of hydrogen-bond donors (Lipinski definition) is 0. The first kappa shape index (κ1) is 26.9. The molecule has 1 aromatic carbocycles. The van der Waals surface area contributed by atoms with Gasteiger partial charge in [0.25, 0.3) is 0 Å². The number of ether oxygens (including phenoxy) is 1. The summed E-state index contributed by atoms with van der Waals surface area (Å²) in [5.74, 6) is 0.414. The Morgan fingerprint density at radius 1 is 0.900 bits per heavy atom. The van der Waals surface area contributed by atoms with E-state index in [0.717, 1.165) is 12.8 Å². The first-order valence-electron chi connectivity index (χ1n) is 12.1. The summed E-state index contributed by atoms with van der Waals surface area (Å²) in [6.45, 7) is 13.5. The third-order valence-corrected chi connectivity index (χ3v) is 10.8. The van der Waals surface area contributed by atoms with E-state index in [-0.39, 0.29) is 17.1 Å². The topological polar surface area (TPSA) is 35.5 Å². The van der Waals surface area contributed by atoms with E-state index in [4.69, 9.17) is 9.16 Å². The highest BCUT2D eigenvalue weighted by Crippen LogP contribution is 2.38. The van der Waals surface area contributed by atoms with Gasteiger partial charge in [0.1, 0.15) is 5.75 Å². The molecule has 0 fully saturated rings. The lowest BCUT2D eigenvalue weighted by atomic mass is 10.0. The second kappa shape index (κ2) is 14.0. The molecule has 30 heavy (non-hydrogen) atoms. The zero-order valence-electron chi connectivity index (χ0n) is 20.5. The Hall–Kier alpha value is -1.13. The van der Waals surface area contributed by atoms with Crippen molar-refractivity contribution < 1.29 is 14.0 Å². The summed E-state index contributed by atoms with van der Waals surface area (Å²) in [6.07, 6.45) is 12.9. The van der Waals surface area contributed by atoms with Gasteiger partial charge in [0, 0.05) is 0 Å². The molecule has 0 saturated heterocycles. The van der Waals surface area contributed by atoms with Crippen LogP contribution in [0.1, 0.15) is 98.3 Å². The lowest BCUT2D eigenvalue weighted by Crippen LogP contribution is -2.44. The zero-order chi connectivity index (χ0) is 22.5. The number of hydrogen-bond acceptors (Lipinski definition) is 3. The van der Waals surface area contributed by atoms with E-state index in [9.17, 15) is 4.79 Å². The van der Waals surface area contributed by atoms with Crippen LogP contribution in [0.2, 0.25) is 18.1 Å². The Labute approximate surface area is 187 Å². The first-order valence-corrected chi connectivity index (χ1v) is 15.0. The Bertz CT molecular complexity index is 578. The lowest BCUT2D eigenvalue weighted by Gasteiger charge is -2.39. The molecule has 0 heterocycles. The minimum Gasteiger partial charge on any atom is -0.426 e. The van der Waals surface area contributed by atoms with Gasteiger partial charge in [0.05, 0.1) is 12.5 Å². The summed E-state index contributed by atoms with van der Waals surface area (Å²) >= 11 is 0. The van der Waals surface area contributed by atoms with Crippen molar-refractivity contribution in [3.63, 3.8) is 0 Å². The predicted molar refractivity (Wildman–Crippen MR) is 131 cm³/mol. The Morgan fingerprint density at radius 3 is 1.97 bits per heavy atom. The second-order valence-corrected chi connectivity index (χ2v) is 14.9. The van der Waals surface area contributed by atoms with E-state index in [2.05, 4.69) is 40.8 Å². The van der Waals surface area contributed by atoms with E-state index in [0.29, 0.717) is 12.2 Å². The van der Waals surface area contributed by atoms with Crippen LogP contribution in [-0.2, 0) is 9.22 Å². The van der Waals surface area contributed by atoms with E-state index < -0.39 is 8.32 Å². The summed E-state index contributed by atoms with van der Waals surface area (Å²) in [6, 6.07) is 9.33. The predicted octanol–water partition coefficient (Wildman–Crippen LogP) is 8.29. The molecule has 1 atom stereocenters. The van der Waals surface area contributed by atoms with Gasteiger partial charge >= 0.3 is 5.97 Å². The molecule has 0 radical (unpaired) electrons. The smallest absolute Gasteiger partial charge is 0.313 e. The number of esters is 1. The van der Waals surface area contributed by atoms with Crippen molar-refractivity contribution in [3.05, 3.63) is 30.3 Å². The SMILES string of the molecule is CCCCCCCCCCC[C@H](CC(=O)Oc1ccccc1)O[Si](C)(C)C(C)(C)C. The molecule has 0 amide bonds. The normalized spacial score (nSPS) is 13.3. The van der Waals surface area contributed by atoms with Crippen molar-refractivity contribution in [1.82, 2.24) is 0 Å². The molecule has 0 aliphatic rings. The first-order chi connectivity index (χ1) is 14.2. The fourth-order valence-corrected chi connectivity index (χ4v) is 4.71. The average molecular weight is 435 g/mol. The van der Waals surface area contributed by atoms with Crippen molar-refractivity contribution >= 4 is 14.3 Å². The van der Waals surface area contributed by atoms with Gasteiger partial charge in [0.2, 0.25) is 0 Å². The number of para-hydroxylation sites is 1. The highest BCUT2D eigenvalue weighted by molar-refractivity contribution is 6.74. The molecule has 0 aliphatic heterocycles. The third kappa shape index (κ3) is 11.3. The largest absolute Gasteiger partial charge is 0.426 e. The molecule has 1 aromatic rings. The molecule has 0 unspecified atom stereocenters. The maximum atomic E-state index is 12.5. The Kier molecular flexibility index (Phi) is 12.6. The monoisotopic (exact) mass is 434 g/mol. The second-order valence-electron chi connectivity index (χ2n) is 10.1. The van der Waals surface area contributed by atoms with Crippen LogP contribution in [0.3, 0.4) is 0 Å². The molecular weight excluding hydrogens is 388 g/mol. The summed E-state index contributed by atoms with van der Waals surface area (Å²) < 4.78 is 12.2. The molecule has 0 saturated carbocycles. The Morgan fingerprint density at radius 2 is 1.43 bits per heavy atom. The van der Waals surface area contributed by atoms with E-state index in [1.54, 1.807) is 0 Å². The van der Waals surface area contributed by atoms with Crippen LogP contribution < -0.4 is 4.74 Å². The van der Waals surface area contributed by atoms with Gasteiger partial charge in [-0.3, -0.25) is 4.79 Å². The van der Waals surface area contributed by atoms with Gasteiger partial charge in [-0.05, 0) is 36.7 Å². The summed E-state index contributed by atoms with van der Waals surface area (Å²) in [4.78, 5) is 12.5. The van der Waals surface area contributed by atoms with Crippen LogP contribution >= 0.6 is 0 Å². The molecule has 0 N–H and O–H groups in total. The number of carbonyl (C=O) groups is 1. The fraction of sp³-hybridized carbons (Fsp3) is 0.731. The van der Waals surface area contributed by atoms with Gasteiger partial charge in [-0.1, -0.05) is 104 Å². The molecular formula is C26H46O3Si. The minimum absolute atomic E-state index is 0.0494. The third-order valence-electron chi connectivity index (χ3n) is 6.27. The van der Waals surface area contributed by atoms with Crippen molar-refractivity contribution in [2.45, 2.75) is 123 Å². The van der Waals surface area contributed by atoms with Crippen molar-refractivity contribution in [1.29, 1.82) is 0 Å². The number of benzene rings is 1.